The van der Waals surface area contributed by atoms with E-state index in [-0.39, 0.29) is 36.8 Å². The minimum atomic E-state index is -0.607. The lowest BCUT2D eigenvalue weighted by atomic mass is 10.1. The van der Waals surface area contributed by atoms with Gasteiger partial charge in [-0.15, -0.1) is 24.8 Å². The molecule has 1 atom stereocenters. The molecular weight excluding hydrogens is 357 g/mol. The molecule has 3 rings (SSSR count). The van der Waals surface area contributed by atoms with E-state index in [0.717, 1.165) is 36.5 Å². The number of nitrogens with two attached hydrogens (primary N) is 1. The highest BCUT2D eigenvalue weighted by atomic mass is 35.5. The van der Waals surface area contributed by atoms with Gasteiger partial charge in [0, 0.05) is 11.6 Å². The molecule has 1 aliphatic heterocycles. The van der Waals surface area contributed by atoms with E-state index < -0.39 is 5.54 Å². The van der Waals surface area contributed by atoms with E-state index in [1.54, 1.807) is 0 Å². The molecule has 23 heavy (non-hydrogen) atoms. The summed E-state index contributed by atoms with van der Waals surface area (Å²) in [6, 6.07) is 8.09. The van der Waals surface area contributed by atoms with E-state index in [9.17, 15) is 4.79 Å². The van der Waals surface area contributed by atoms with Crippen LogP contribution in [0.25, 0.3) is 0 Å². The molecule has 4 nitrogen and oxygen atoms in total. The van der Waals surface area contributed by atoms with Gasteiger partial charge in [0.1, 0.15) is 0 Å². The van der Waals surface area contributed by atoms with Gasteiger partial charge in [-0.1, -0.05) is 23.7 Å². The zero-order valence-corrected chi connectivity index (χ0v) is 15.4. The molecular formula is C16H24Cl3N3O. The van der Waals surface area contributed by atoms with Crippen molar-refractivity contribution >= 4 is 42.3 Å². The smallest absolute Gasteiger partial charge is 0.240 e. The number of carbonyl (C=O) groups is 1. The maximum Gasteiger partial charge on any atom is 0.240 e. The van der Waals surface area contributed by atoms with Gasteiger partial charge in [0.25, 0.3) is 0 Å². The van der Waals surface area contributed by atoms with Crippen molar-refractivity contribution in [3.8, 4) is 0 Å². The summed E-state index contributed by atoms with van der Waals surface area (Å²) in [4.78, 5) is 14.5. The zero-order valence-electron chi connectivity index (χ0n) is 13.0. The Hall–Kier alpha value is -0.520. The Bertz CT molecular complexity index is 531. The average Bonchev–Trinajstić information content (AvgIpc) is 3.01. The van der Waals surface area contributed by atoms with Gasteiger partial charge >= 0.3 is 0 Å². The maximum absolute atomic E-state index is 12.1. The van der Waals surface area contributed by atoms with Crippen molar-refractivity contribution in [3.63, 3.8) is 0 Å². The first kappa shape index (κ1) is 20.5. The third-order valence-electron chi connectivity index (χ3n) is 4.51. The minimum Gasteiger partial charge on any atom is -0.353 e. The second-order valence-corrected chi connectivity index (χ2v) is 6.62. The highest BCUT2D eigenvalue weighted by molar-refractivity contribution is 6.30. The summed E-state index contributed by atoms with van der Waals surface area (Å²) < 4.78 is 0. The van der Waals surface area contributed by atoms with Crippen LogP contribution in [0, 0.1) is 0 Å². The quantitative estimate of drug-likeness (QED) is 0.825. The van der Waals surface area contributed by atoms with Crippen molar-refractivity contribution in [2.24, 2.45) is 5.73 Å². The molecule has 1 heterocycles. The van der Waals surface area contributed by atoms with Crippen LogP contribution in [-0.4, -0.2) is 36.0 Å². The topological polar surface area (TPSA) is 58.4 Å². The van der Waals surface area contributed by atoms with Crippen molar-refractivity contribution in [1.29, 1.82) is 0 Å². The summed E-state index contributed by atoms with van der Waals surface area (Å²) in [5.74, 6) is -0.0197. The molecule has 0 spiro atoms. The van der Waals surface area contributed by atoms with Crippen LogP contribution in [0.15, 0.2) is 24.3 Å². The maximum atomic E-state index is 12.1. The molecule has 2 aliphatic rings. The van der Waals surface area contributed by atoms with E-state index in [1.807, 2.05) is 18.2 Å². The standard InChI is InChI=1S/C16H22ClN3O.2ClH/c17-13-5-3-4-12(10-13)14(20-8-1-2-9-20)11-19-15(21)16(18)6-7-16;;/h3-5,10,14H,1-2,6-9,11,18H2,(H,19,21);2*1H. The molecule has 1 aromatic rings. The molecule has 0 radical (unpaired) electrons. The van der Waals surface area contributed by atoms with Crippen LogP contribution in [-0.2, 0) is 4.79 Å². The van der Waals surface area contributed by atoms with Crippen LogP contribution >= 0.6 is 36.4 Å². The number of likely N-dealkylation sites (tertiary alicyclic amines) is 1. The number of halogens is 3. The molecule has 0 bridgehead atoms. The predicted molar refractivity (Wildman–Crippen MR) is 98.7 cm³/mol. The molecule has 3 N–H and O–H groups in total. The van der Waals surface area contributed by atoms with E-state index in [2.05, 4.69) is 16.3 Å². The van der Waals surface area contributed by atoms with Gasteiger partial charge in [-0.25, -0.2) is 0 Å². The Morgan fingerprint density at radius 3 is 2.52 bits per heavy atom. The fourth-order valence-corrected chi connectivity index (χ4v) is 3.15. The summed E-state index contributed by atoms with van der Waals surface area (Å²) in [5, 5.41) is 3.77. The van der Waals surface area contributed by atoms with E-state index in [4.69, 9.17) is 17.3 Å². The molecule has 7 heteroatoms. The van der Waals surface area contributed by atoms with Crippen LogP contribution in [0.3, 0.4) is 0 Å². The lowest BCUT2D eigenvalue weighted by molar-refractivity contribution is -0.123. The number of hydrogen-bond acceptors (Lipinski definition) is 3. The summed E-state index contributed by atoms with van der Waals surface area (Å²) in [5.41, 5.74) is 6.50. The Kier molecular flexibility index (Phi) is 7.62. The highest BCUT2D eigenvalue weighted by Gasteiger charge is 2.46. The van der Waals surface area contributed by atoms with Crippen molar-refractivity contribution in [2.75, 3.05) is 19.6 Å². The first-order chi connectivity index (χ1) is 10.1. The molecule has 1 aliphatic carbocycles. The first-order valence-corrected chi connectivity index (χ1v) is 8.03. The Balaban J connectivity index is 0.00000132. The largest absolute Gasteiger partial charge is 0.353 e. The monoisotopic (exact) mass is 379 g/mol. The van der Waals surface area contributed by atoms with Crippen molar-refractivity contribution < 1.29 is 4.79 Å². The van der Waals surface area contributed by atoms with E-state index in [0.29, 0.717) is 6.54 Å². The number of carbonyl (C=O) groups excluding carboxylic acids is 1. The lowest BCUT2D eigenvalue weighted by Crippen LogP contribution is -2.46. The van der Waals surface area contributed by atoms with Gasteiger partial charge in [0.2, 0.25) is 5.91 Å². The fourth-order valence-electron chi connectivity index (χ4n) is 2.95. The zero-order chi connectivity index (χ0) is 14.9. The van der Waals surface area contributed by atoms with Crippen LogP contribution in [0.4, 0.5) is 0 Å². The van der Waals surface area contributed by atoms with Gasteiger partial charge < -0.3 is 11.1 Å². The first-order valence-electron chi connectivity index (χ1n) is 7.65. The summed E-state index contributed by atoms with van der Waals surface area (Å²) in [6.07, 6.45) is 4.02. The van der Waals surface area contributed by atoms with Gasteiger partial charge in [-0.2, -0.15) is 0 Å². The molecule has 1 saturated carbocycles. The molecule has 0 aromatic heterocycles. The number of nitrogens with zero attached hydrogens (tertiary/aromatic N) is 1. The Labute approximate surface area is 154 Å². The minimum absolute atomic E-state index is 0. The van der Waals surface area contributed by atoms with Crippen LogP contribution < -0.4 is 11.1 Å². The molecule has 130 valence electrons. The highest BCUT2D eigenvalue weighted by Crippen LogP contribution is 2.32. The van der Waals surface area contributed by atoms with E-state index in [1.165, 1.54) is 12.8 Å². The van der Waals surface area contributed by atoms with Crippen molar-refractivity contribution in [2.45, 2.75) is 37.3 Å². The third-order valence-corrected chi connectivity index (χ3v) is 4.75. The van der Waals surface area contributed by atoms with Gasteiger partial charge in [-0.05, 0) is 56.5 Å². The van der Waals surface area contributed by atoms with Crippen molar-refractivity contribution in [1.82, 2.24) is 10.2 Å². The lowest BCUT2D eigenvalue weighted by Gasteiger charge is -2.28. The van der Waals surface area contributed by atoms with Crippen LogP contribution in [0.1, 0.15) is 37.3 Å². The number of hydrogen-bond donors (Lipinski definition) is 2. The van der Waals surface area contributed by atoms with Gasteiger partial charge in [-0.3, -0.25) is 9.69 Å². The number of amides is 1. The summed E-state index contributed by atoms with van der Waals surface area (Å²) in [6.45, 7) is 2.74. The second-order valence-electron chi connectivity index (χ2n) is 6.18. The third kappa shape index (κ3) is 4.97. The summed E-state index contributed by atoms with van der Waals surface area (Å²) in [7, 11) is 0. The number of nitrogens with one attached hydrogen (secondary N) is 1. The fraction of sp³-hybridized carbons (Fsp3) is 0.562. The molecule has 1 amide bonds. The Morgan fingerprint density at radius 1 is 1.30 bits per heavy atom. The molecule has 1 unspecified atom stereocenters. The van der Waals surface area contributed by atoms with Crippen LogP contribution in [0.2, 0.25) is 5.02 Å². The average molecular weight is 381 g/mol. The number of rotatable bonds is 5. The number of benzene rings is 1. The molecule has 2 fully saturated rings. The second kappa shape index (κ2) is 8.54. The van der Waals surface area contributed by atoms with Gasteiger partial charge in [0.15, 0.2) is 0 Å². The summed E-state index contributed by atoms with van der Waals surface area (Å²) >= 11 is 6.12. The predicted octanol–water partition coefficient (Wildman–Crippen LogP) is 2.93. The normalized spacial score (nSPS) is 20.1. The van der Waals surface area contributed by atoms with E-state index >= 15 is 0 Å². The molecule has 1 saturated heterocycles. The van der Waals surface area contributed by atoms with Crippen LogP contribution in [0.5, 0.6) is 0 Å². The SMILES string of the molecule is Cl.Cl.NC1(C(=O)NCC(c2cccc(Cl)c2)N2CCCC2)CC1. The van der Waals surface area contributed by atoms with Crippen molar-refractivity contribution in [3.05, 3.63) is 34.9 Å². The Morgan fingerprint density at radius 2 is 1.96 bits per heavy atom. The molecule has 1 aromatic carbocycles. The van der Waals surface area contributed by atoms with Gasteiger partial charge in [0.05, 0.1) is 11.6 Å².